The molecule has 0 aromatic rings. The van der Waals surface area contributed by atoms with Gasteiger partial charge in [0.05, 0.1) is 4.75 Å². The molecule has 0 saturated heterocycles. The van der Waals surface area contributed by atoms with Crippen LogP contribution in [0, 0.1) is 0 Å². The second-order valence-corrected chi connectivity index (χ2v) is 8.95. The van der Waals surface area contributed by atoms with E-state index >= 15 is 0 Å². The molecule has 90 valence electrons. The van der Waals surface area contributed by atoms with Crippen molar-refractivity contribution in [2.45, 2.75) is 57.5 Å². The Kier molecular flexibility index (Phi) is 6.11. The van der Waals surface area contributed by atoms with Gasteiger partial charge in [-0.3, -0.25) is 0 Å². The summed E-state index contributed by atoms with van der Waals surface area (Å²) in [5.74, 6) is 1.10. The first-order chi connectivity index (χ1) is 6.69. The molecule has 0 aromatic heterocycles. The smallest absolute Gasteiger partial charge is 0.144 e. The van der Waals surface area contributed by atoms with Gasteiger partial charge in [-0.05, 0) is 32.9 Å². The Morgan fingerprint density at radius 2 is 1.80 bits per heavy atom. The molecule has 0 aliphatic heterocycles. The Morgan fingerprint density at radius 3 is 2.20 bits per heavy atom. The predicted molar refractivity (Wildman–Crippen MR) is 73.2 cm³/mol. The maximum Gasteiger partial charge on any atom is 0.144 e. The Hall–Kier alpha value is 0.170. The fourth-order valence-electron chi connectivity index (χ4n) is 0.933. The molecule has 15 heavy (non-hydrogen) atoms. The molecule has 0 saturated carbocycles. The summed E-state index contributed by atoms with van der Waals surface area (Å²) in [6.07, 6.45) is 2.68. The molecular formula is C11H23NOS2. The van der Waals surface area contributed by atoms with Crippen LogP contribution in [-0.2, 0) is 11.0 Å². The fraction of sp³-hybridized carbons (Fsp3) is 0.909. The van der Waals surface area contributed by atoms with Crippen molar-refractivity contribution in [3.8, 4) is 0 Å². The van der Waals surface area contributed by atoms with Gasteiger partial charge in [-0.25, -0.2) is 4.21 Å². The number of thioether (sulfide) groups is 1. The molecule has 0 amide bonds. The van der Waals surface area contributed by atoms with E-state index in [1.807, 2.05) is 38.7 Å². The van der Waals surface area contributed by atoms with Gasteiger partial charge in [0.25, 0.3) is 0 Å². The average Bonchev–Trinajstić information content (AvgIpc) is 2.01. The quantitative estimate of drug-likeness (QED) is 0.699. The van der Waals surface area contributed by atoms with Crippen molar-refractivity contribution in [2.24, 2.45) is 4.40 Å². The molecule has 0 spiro atoms. The highest BCUT2D eigenvalue weighted by Gasteiger charge is 2.19. The summed E-state index contributed by atoms with van der Waals surface area (Å²) in [6.45, 7) is 12.3. The summed E-state index contributed by atoms with van der Waals surface area (Å²) in [6, 6.07) is 0. The molecule has 0 aliphatic rings. The van der Waals surface area contributed by atoms with E-state index in [4.69, 9.17) is 0 Å². The molecular weight excluding hydrogens is 226 g/mol. The maximum absolute atomic E-state index is 11.6. The van der Waals surface area contributed by atoms with Crippen molar-refractivity contribution in [1.82, 2.24) is 0 Å². The lowest BCUT2D eigenvalue weighted by molar-refractivity contribution is 0.650. The highest BCUT2D eigenvalue weighted by atomic mass is 32.2. The molecule has 1 unspecified atom stereocenters. The van der Waals surface area contributed by atoms with E-state index in [-0.39, 0.29) is 9.49 Å². The van der Waals surface area contributed by atoms with Gasteiger partial charge in [0.15, 0.2) is 0 Å². The lowest BCUT2D eigenvalue weighted by atomic mass is 10.1. The molecule has 0 bridgehead atoms. The standard InChI is InChI=1S/C11H23NOS2/c1-7-14-11(5,6)8-9-12-15(13)10(2,3)4/h9H,7-8H2,1-6H3. The van der Waals surface area contributed by atoms with Crippen LogP contribution in [0.4, 0.5) is 0 Å². The Morgan fingerprint density at radius 1 is 1.27 bits per heavy atom. The highest BCUT2D eigenvalue weighted by molar-refractivity contribution is 8.00. The van der Waals surface area contributed by atoms with Gasteiger partial charge in [0.2, 0.25) is 0 Å². The first-order valence-electron chi connectivity index (χ1n) is 5.27. The Bertz CT molecular complexity index is 241. The van der Waals surface area contributed by atoms with Gasteiger partial charge in [-0.15, -0.1) is 0 Å². The third-order valence-electron chi connectivity index (χ3n) is 1.81. The lowest BCUT2D eigenvalue weighted by Gasteiger charge is -2.21. The molecule has 0 fully saturated rings. The third-order valence-corrected chi connectivity index (χ3v) is 4.44. The van der Waals surface area contributed by atoms with E-state index in [0.29, 0.717) is 0 Å². The molecule has 1 atom stereocenters. The van der Waals surface area contributed by atoms with Crippen LogP contribution < -0.4 is 0 Å². The van der Waals surface area contributed by atoms with Crippen LogP contribution in [0.15, 0.2) is 4.40 Å². The Balaban J connectivity index is 4.16. The first-order valence-corrected chi connectivity index (χ1v) is 7.37. The van der Waals surface area contributed by atoms with Gasteiger partial charge < -0.3 is 0 Å². The minimum atomic E-state index is -1.12. The summed E-state index contributed by atoms with van der Waals surface area (Å²) in [4.78, 5) is 0. The normalized spacial score (nSPS) is 15.9. The van der Waals surface area contributed by atoms with Crippen LogP contribution >= 0.6 is 11.8 Å². The van der Waals surface area contributed by atoms with Gasteiger partial charge in [-0.2, -0.15) is 16.2 Å². The predicted octanol–water partition coefficient (Wildman–Crippen LogP) is 3.44. The van der Waals surface area contributed by atoms with Crippen molar-refractivity contribution >= 4 is 29.0 Å². The zero-order chi connectivity index (χ0) is 12.1. The lowest BCUT2D eigenvalue weighted by Crippen LogP contribution is -2.20. The molecule has 2 nitrogen and oxygen atoms in total. The van der Waals surface area contributed by atoms with Crippen molar-refractivity contribution in [3.63, 3.8) is 0 Å². The summed E-state index contributed by atoms with van der Waals surface area (Å²) >= 11 is 1.90. The summed E-state index contributed by atoms with van der Waals surface area (Å²) in [5.41, 5.74) is 0. The van der Waals surface area contributed by atoms with Crippen LogP contribution in [0.1, 0.15) is 48.0 Å². The number of hydrogen-bond donors (Lipinski definition) is 0. The molecule has 4 heteroatoms. The van der Waals surface area contributed by atoms with E-state index in [9.17, 15) is 4.21 Å². The SMILES string of the molecule is CCSC(C)(C)CC=NS(=O)C(C)(C)C. The summed E-state index contributed by atoms with van der Waals surface area (Å²) in [7, 11) is -1.12. The second kappa shape index (κ2) is 6.04. The second-order valence-electron chi connectivity index (χ2n) is 5.05. The molecule has 0 radical (unpaired) electrons. The molecule has 0 aromatic carbocycles. The summed E-state index contributed by atoms with van der Waals surface area (Å²) in [5, 5.41) is 0. The van der Waals surface area contributed by atoms with Crippen molar-refractivity contribution < 1.29 is 4.21 Å². The van der Waals surface area contributed by atoms with Crippen LogP contribution in [0.25, 0.3) is 0 Å². The zero-order valence-corrected chi connectivity index (χ0v) is 12.3. The van der Waals surface area contributed by atoms with Gasteiger partial charge in [-0.1, -0.05) is 20.8 Å². The van der Waals surface area contributed by atoms with Crippen LogP contribution in [0.5, 0.6) is 0 Å². The minimum Gasteiger partial charge on any atom is -0.234 e. The molecule has 0 heterocycles. The van der Waals surface area contributed by atoms with E-state index in [1.54, 1.807) is 0 Å². The van der Waals surface area contributed by atoms with Gasteiger partial charge >= 0.3 is 0 Å². The Labute approximate surface area is 101 Å². The average molecular weight is 249 g/mol. The van der Waals surface area contributed by atoms with Crippen molar-refractivity contribution in [1.29, 1.82) is 0 Å². The maximum atomic E-state index is 11.6. The van der Waals surface area contributed by atoms with Crippen LogP contribution in [-0.4, -0.2) is 25.7 Å². The number of rotatable bonds is 5. The van der Waals surface area contributed by atoms with Crippen LogP contribution in [0.3, 0.4) is 0 Å². The van der Waals surface area contributed by atoms with Gasteiger partial charge in [0, 0.05) is 11.0 Å². The van der Waals surface area contributed by atoms with Crippen molar-refractivity contribution in [3.05, 3.63) is 0 Å². The van der Waals surface area contributed by atoms with E-state index in [1.165, 1.54) is 0 Å². The van der Waals surface area contributed by atoms with E-state index < -0.39 is 11.0 Å². The topological polar surface area (TPSA) is 29.4 Å². The summed E-state index contributed by atoms with van der Waals surface area (Å²) < 4.78 is 15.7. The van der Waals surface area contributed by atoms with E-state index in [2.05, 4.69) is 25.2 Å². The monoisotopic (exact) mass is 249 g/mol. The fourth-order valence-corrected chi connectivity index (χ4v) is 2.43. The molecule has 0 rings (SSSR count). The molecule has 0 aliphatic carbocycles. The van der Waals surface area contributed by atoms with Gasteiger partial charge in [0.1, 0.15) is 11.0 Å². The first kappa shape index (κ1) is 15.2. The largest absolute Gasteiger partial charge is 0.234 e. The highest BCUT2D eigenvalue weighted by Crippen LogP contribution is 2.26. The van der Waals surface area contributed by atoms with Crippen LogP contribution in [0.2, 0.25) is 0 Å². The van der Waals surface area contributed by atoms with E-state index in [0.717, 1.165) is 12.2 Å². The number of hydrogen-bond acceptors (Lipinski definition) is 2. The third kappa shape index (κ3) is 7.12. The zero-order valence-electron chi connectivity index (χ0n) is 10.7. The minimum absolute atomic E-state index is 0.195. The number of nitrogens with zero attached hydrogens (tertiary/aromatic N) is 1. The van der Waals surface area contributed by atoms with Crippen molar-refractivity contribution in [2.75, 3.05) is 5.75 Å². The molecule has 0 N–H and O–H groups in total.